The van der Waals surface area contributed by atoms with Gasteiger partial charge in [-0.2, -0.15) is 0 Å². The monoisotopic (exact) mass is 274 g/mol. The Kier molecular flexibility index (Phi) is 4.58. The lowest BCUT2D eigenvalue weighted by atomic mass is 10.0. The van der Waals surface area contributed by atoms with Crippen LogP contribution in [-0.2, 0) is 6.42 Å². The Hall–Kier alpha value is -1.06. The number of likely N-dealkylation sites (tertiary alicyclic amines) is 1. The minimum absolute atomic E-state index is 0.316. The Balaban J connectivity index is 1.61. The summed E-state index contributed by atoms with van der Waals surface area (Å²) < 4.78 is 0. The lowest BCUT2D eigenvalue weighted by Crippen LogP contribution is -2.46. The van der Waals surface area contributed by atoms with Crippen LogP contribution >= 0.6 is 0 Å². The molecule has 0 spiro atoms. The van der Waals surface area contributed by atoms with E-state index in [0.717, 1.165) is 26.1 Å². The SMILES string of the molecule is OC[C@H]1CCCCN1CCN1CCCc2ccccc21. The number of benzene rings is 1. The fourth-order valence-electron chi connectivity index (χ4n) is 3.65. The number of nitrogens with zero attached hydrogens (tertiary/aromatic N) is 2. The standard InChI is InChI=1S/C17H26N2O/c20-14-16-8-3-4-10-18(16)12-13-19-11-5-7-15-6-1-2-9-17(15)19/h1-2,6,9,16,20H,3-5,7-8,10-14H2/t16-/m1/s1. The molecule has 1 N–H and O–H groups in total. The molecule has 0 radical (unpaired) electrons. The second-order valence-corrected chi connectivity index (χ2v) is 6.09. The minimum atomic E-state index is 0.316. The molecule has 2 aliphatic rings. The summed E-state index contributed by atoms with van der Waals surface area (Å²) in [5.74, 6) is 0. The van der Waals surface area contributed by atoms with Crippen LogP contribution in [-0.4, -0.2) is 48.8 Å². The maximum Gasteiger partial charge on any atom is 0.0586 e. The van der Waals surface area contributed by atoms with E-state index in [1.54, 1.807) is 0 Å². The molecule has 0 bridgehead atoms. The molecule has 2 aliphatic heterocycles. The average Bonchev–Trinajstić information content (AvgIpc) is 2.53. The molecule has 1 aromatic carbocycles. The van der Waals surface area contributed by atoms with Crippen molar-refractivity contribution in [3.8, 4) is 0 Å². The van der Waals surface area contributed by atoms with Crippen LogP contribution in [0.25, 0.3) is 0 Å². The predicted molar refractivity (Wildman–Crippen MR) is 83.3 cm³/mol. The number of aryl methyl sites for hydroxylation is 1. The molecule has 0 unspecified atom stereocenters. The Labute approximate surface area is 122 Å². The van der Waals surface area contributed by atoms with Crippen molar-refractivity contribution in [2.75, 3.05) is 37.7 Å². The van der Waals surface area contributed by atoms with Crippen molar-refractivity contribution in [2.24, 2.45) is 0 Å². The van der Waals surface area contributed by atoms with Crippen molar-refractivity contribution in [2.45, 2.75) is 38.1 Å². The first-order chi connectivity index (χ1) is 9.88. The summed E-state index contributed by atoms with van der Waals surface area (Å²) in [6.45, 7) is 4.82. The highest BCUT2D eigenvalue weighted by Crippen LogP contribution is 2.26. The summed E-state index contributed by atoms with van der Waals surface area (Å²) in [5.41, 5.74) is 2.92. The van der Waals surface area contributed by atoms with Gasteiger partial charge in [0, 0.05) is 31.4 Å². The molecule has 20 heavy (non-hydrogen) atoms. The van der Waals surface area contributed by atoms with E-state index >= 15 is 0 Å². The Morgan fingerprint density at radius 2 is 1.95 bits per heavy atom. The number of piperidine rings is 1. The third-order valence-electron chi connectivity index (χ3n) is 4.82. The molecule has 1 fully saturated rings. The number of aliphatic hydroxyl groups is 1. The lowest BCUT2D eigenvalue weighted by Gasteiger charge is -2.38. The largest absolute Gasteiger partial charge is 0.395 e. The van der Waals surface area contributed by atoms with Crippen LogP contribution in [0.15, 0.2) is 24.3 Å². The number of hydrogen-bond acceptors (Lipinski definition) is 3. The third-order valence-corrected chi connectivity index (χ3v) is 4.82. The van der Waals surface area contributed by atoms with Gasteiger partial charge in [0.05, 0.1) is 6.61 Å². The topological polar surface area (TPSA) is 26.7 Å². The third kappa shape index (κ3) is 2.99. The van der Waals surface area contributed by atoms with Crippen LogP contribution in [0.5, 0.6) is 0 Å². The molecule has 1 aromatic rings. The summed E-state index contributed by atoms with van der Waals surface area (Å²) in [6, 6.07) is 9.21. The van der Waals surface area contributed by atoms with Crippen LogP contribution in [0.1, 0.15) is 31.2 Å². The Morgan fingerprint density at radius 3 is 2.85 bits per heavy atom. The van der Waals surface area contributed by atoms with E-state index in [-0.39, 0.29) is 0 Å². The van der Waals surface area contributed by atoms with Crippen molar-refractivity contribution < 1.29 is 5.11 Å². The minimum Gasteiger partial charge on any atom is -0.395 e. The van der Waals surface area contributed by atoms with Gasteiger partial charge < -0.3 is 10.0 Å². The van der Waals surface area contributed by atoms with Gasteiger partial charge in [0.2, 0.25) is 0 Å². The van der Waals surface area contributed by atoms with Crippen LogP contribution in [0.3, 0.4) is 0 Å². The van der Waals surface area contributed by atoms with Gasteiger partial charge in [-0.3, -0.25) is 4.90 Å². The first kappa shape index (κ1) is 13.9. The number of anilines is 1. The van der Waals surface area contributed by atoms with Gasteiger partial charge in [-0.05, 0) is 43.9 Å². The molecular weight excluding hydrogens is 248 g/mol. The first-order valence-corrected chi connectivity index (χ1v) is 8.06. The molecule has 3 rings (SSSR count). The molecule has 3 nitrogen and oxygen atoms in total. The number of aliphatic hydroxyl groups excluding tert-OH is 1. The zero-order valence-corrected chi connectivity index (χ0v) is 12.3. The molecule has 110 valence electrons. The molecule has 0 amide bonds. The van der Waals surface area contributed by atoms with Crippen LogP contribution in [0.4, 0.5) is 5.69 Å². The summed E-state index contributed by atoms with van der Waals surface area (Å²) in [6.07, 6.45) is 6.20. The van der Waals surface area contributed by atoms with Crippen LogP contribution in [0.2, 0.25) is 0 Å². The molecule has 3 heteroatoms. The molecular formula is C17H26N2O. The van der Waals surface area contributed by atoms with Crippen molar-refractivity contribution >= 4 is 5.69 Å². The zero-order chi connectivity index (χ0) is 13.8. The first-order valence-electron chi connectivity index (χ1n) is 8.06. The smallest absolute Gasteiger partial charge is 0.0586 e. The van der Waals surface area contributed by atoms with Gasteiger partial charge in [0.25, 0.3) is 0 Å². The number of rotatable bonds is 4. The van der Waals surface area contributed by atoms with Gasteiger partial charge in [0.1, 0.15) is 0 Å². The summed E-state index contributed by atoms with van der Waals surface area (Å²) >= 11 is 0. The number of fused-ring (bicyclic) bond motifs is 1. The summed E-state index contributed by atoms with van der Waals surface area (Å²) in [7, 11) is 0. The zero-order valence-electron chi connectivity index (χ0n) is 12.3. The highest BCUT2D eigenvalue weighted by Gasteiger charge is 2.23. The van der Waals surface area contributed by atoms with Gasteiger partial charge in [-0.25, -0.2) is 0 Å². The quantitative estimate of drug-likeness (QED) is 0.912. The number of hydrogen-bond donors (Lipinski definition) is 1. The molecule has 0 aromatic heterocycles. The molecule has 1 atom stereocenters. The highest BCUT2D eigenvalue weighted by molar-refractivity contribution is 5.55. The van der Waals surface area contributed by atoms with Gasteiger partial charge in [-0.1, -0.05) is 24.6 Å². The fourth-order valence-corrected chi connectivity index (χ4v) is 3.65. The summed E-state index contributed by atoms with van der Waals surface area (Å²) in [5, 5.41) is 9.50. The normalized spacial score (nSPS) is 23.6. The van der Waals surface area contributed by atoms with E-state index < -0.39 is 0 Å². The average molecular weight is 274 g/mol. The van der Waals surface area contributed by atoms with Gasteiger partial charge in [-0.15, -0.1) is 0 Å². The summed E-state index contributed by atoms with van der Waals surface area (Å²) in [4.78, 5) is 5.02. The second-order valence-electron chi connectivity index (χ2n) is 6.09. The van der Waals surface area contributed by atoms with Crippen LogP contribution < -0.4 is 4.90 Å². The van der Waals surface area contributed by atoms with Crippen molar-refractivity contribution in [3.63, 3.8) is 0 Å². The second kappa shape index (κ2) is 6.59. The maximum absolute atomic E-state index is 9.50. The van der Waals surface area contributed by atoms with E-state index in [2.05, 4.69) is 34.1 Å². The van der Waals surface area contributed by atoms with E-state index in [0.29, 0.717) is 12.6 Å². The van der Waals surface area contributed by atoms with Crippen molar-refractivity contribution in [1.29, 1.82) is 0 Å². The molecule has 2 heterocycles. The van der Waals surface area contributed by atoms with E-state index in [9.17, 15) is 5.11 Å². The van der Waals surface area contributed by atoms with Crippen LogP contribution in [0, 0.1) is 0 Å². The van der Waals surface area contributed by atoms with Crippen molar-refractivity contribution in [1.82, 2.24) is 4.90 Å². The Bertz CT molecular complexity index is 435. The maximum atomic E-state index is 9.50. The predicted octanol–water partition coefficient (Wildman–Crippen LogP) is 2.29. The number of para-hydroxylation sites is 1. The van der Waals surface area contributed by atoms with E-state index in [1.807, 2.05) is 0 Å². The van der Waals surface area contributed by atoms with E-state index in [1.165, 1.54) is 43.5 Å². The highest BCUT2D eigenvalue weighted by atomic mass is 16.3. The van der Waals surface area contributed by atoms with E-state index in [4.69, 9.17) is 0 Å². The molecule has 1 saturated heterocycles. The van der Waals surface area contributed by atoms with Gasteiger partial charge in [0.15, 0.2) is 0 Å². The molecule has 0 saturated carbocycles. The Morgan fingerprint density at radius 1 is 1.05 bits per heavy atom. The fraction of sp³-hybridized carbons (Fsp3) is 0.647. The molecule has 0 aliphatic carbocycles. The lowest BCUT2D eigenvalue weighted by molar-refractivity contribution is 0.0925. The van der Waals surface area contributed by atoms with Gasteiger partial charge >= 0.3 is 0 Å². The van der Waals surface area contributed by atoms with Crippen molar-refractivity contribution in [3.05, 3.63) is 29.8 Å².